The van der Waals surface area contributed by atoms with Crippen LogP contribution in [0.15, 0.2) is 62.3 Å². The van der Waals surface area contributed by atoms with Crippen LogP contribution in [0.2, 0.25) is 0 Å². The van der Waals surface area contributed by atoms with E-state index in [4.69, 9.17) is 4.42 Å². The SMILES string of the molecule is Cc1ccc(-c2nnc(CN(C)C(=O)CN(C)S(=O)(=O)c3ccc(Br)cc3)o2)cc1. The van der Waals surface area contributed by atoms with E-state index in [0.29, 0.717) is 5.89 Å². The van der Waals surface area contributed by atoms with Crippen molar-refractivity contribution >= 4 is 31.9 Å². The van der Waals surface area contributed by atoms with Crippen molar-refractivity contribution in [2.24, 2.45) is 0 Å². The van der Waals surface area contributed by atoms with Gasteiger partial charge in [0, 0.05) is 24.1 Å². The number of benzene rings is 2. The molecule has 0 atom stereocenters. The van der Waals surface area contributed by atoms with E-state index in [1.54, 1.807) is 19.2 Å². The Balaban J connectivity index is 1.63. The van der Waals surface area contributed by atoms with E-state index in [-0.39, 0.29) is 23.9 Å². The first-order valence-electron chi connectivity index (χ1n) is 9.02. The third-order valence-corrected chi connectivity index (χ3v) is 6.79. The van der Waals surface area contributed by atoms with E-state index in [1.807, 2.05) is 31.2 Å². The van der Waals surface area contributed by atoms with Gasteiger partial charge < -0.3 is 9.32 Å². The minimum absolute atomic E-state index is 0.0733. The van der Waals surface area contributed by atoms with Gasteiger partial charge in [-0.15, -0.1) is 10.2 Å². The molecule has 1 aromatic heterocycles. The Morgan fingerprint density at radius 3 is 2.30 bits per heavy atom. The molecule has 0 aliphatic carbocycles. The van der Waals surface area contributed by atoms with Crippen molar-refractivity contribution in [3.63, 3.8) is 0 Å². The van der Waals surface area contributed by atoms with Crippen LogP contribution in [0.4, 0.5) is 0 Å². The van der Waals surface area contributed by atoms with Crippen LogP contribution in [0.5, 0.6) is 0 Å². The van der Waals surface area contributed by atoms with Crippen molar-refractivity contribution in [1.29, 1.82) is 0 Å². The van der Waals surface area contributed by atoms with Crippen molar-refractivity contribution in [1.82, 2.24) is 19.4 Å². The molecular weight excluding hydrogens is 472 g/mol. The fourth-order valence-corrected chi connectivity index (χ4v) is 3.99. The van der Waals surface area contributed by atoms with Gasteiger partial charge in [-0.3, -0.25) is 4.79 Å². The zero-order chi connectivity index (χ0) is 21.9. The van der Waals surface area contributed by atoms with Crippen LogP contribution >= 0.6 is 15.9 Å². The number of nitrogens with zero attached hydrogens (tertiary/aromatic N) is 4. The Kier molecular flexibility index (Phi) is 6.69. The van der Waals surface area contributed by atoms with Crippen LogP contribution in [-0.2, 0) is 21.4 Å². The summed E-state index contributed by atoms with van der Waals surface area (Å²) in [7, 11) is -0.859. The maximum absolute atomic E-state index is 12.6. The zero-order valence-electron chi connectivity index (χ0n) is 16.7. The van der Waals surface area contributed by atoms with Gasteiger partial charge in [-0.1, -0.05) is 33.6 Å². The fraction of sp³-hybridized carbons (Fsp3) is 0.250. The molecule has 1 amide bonds. The van der Waals surface area contributed by atoms with Crippen molar-refractivity contribution < 1.29 is 17.6 Å². The second kappa shape index (κ2) is 9.07. The van der Waals surface area contributed by atoms with E-state index in [9.17, 15) is 13.2 Å². The normalized spacial score (nSPS) is 11.6. The first-order chi connectivity index (χ1) is 14.2. The van der Waals surface area contributed by atoms with E-state index < -0.39 is 15.9 Å². The molecule has 0 saturated heterocycles. The summed E-state index contributed by atoms with van der Waals surface area (Å²) < 4.78 is 32.7. The second-order valence-corrected chi connectivity index (χ2v) is 9.79. The molecule has 0 N–H and O–H groups in total. The molecule has 8 nitrogen and oxygen atoms in total. The summed E-state index contributed by atoms with van der Waals surface area (Å²) in [5.74, 6) is 0.230. The lowest BCUT2D eigenvalue weighted by Gasteiger charge is -2.20. The monoisotopic (exact) mass is 492 g/mol. The van der Waals surface area contributed by atoms with E-state index in [1.165, 1.54) is 24.1 Å². The van der Waals surface area contributed by atoms with Crippen LogP contribution in [0.1, 0.15) is 11.5 Å². The van der Waals surface area contributed by atoms with Gasteiger partial charge in [0.1, 0.15) is 0 Å². The molecule has 158 valence electrons. The lowest BCUT2D eigenvalue weighted by Crippen LogP contribution is -2.39. The smallest absolute Gasteiger partial charge is 0.247 e. The highest BCUT2D eigenvalue weighted by atomic mass is 79.9. The van der Waals surface area contributed by atoms with Crippen molar-refractivity contribution in [2.75, 3.05) is 20.6 Å². The Labute approximate surface area is 183 Å². The van der Waals surface area contributed by atoms with E-state index in [0.717, 1.165) is 19.9 Å². The molecule has 0 aliphatic rings. The first kappa shape index (κ1) is 22.1. The van der Waals surface area contributed by atoms with Gasteiger partial charge in [-0.05, 0) is 43.3 Å². The number of halogens is 1. The van der Waals surface area contributed by atoms with Gasteiger partial charge in [-0.25, -0.2) is 8.42 Å². The Hall–Kier alpha value is -2.56. The largest absolute Gasteiger partial charge is 0.419 e. The van der Waals surface area contributed by atoms with Gasteiger partial charge in [-0.2, -0.15) is 4.31 Å². The number of aryl methyl sites for hydroxylation is 1. The average Bonchev–Trinajstić information content (AvgIpc) is 3.17. The molecule has 0 spiro atoms. The summed E-state index contributed by atoms with van der Waals surface area (Å²) in [6, 6.07) is 13.9. The van der Waals surface area contributed by atoms with Gasteiger partial charge in [0.15, 0.2) is 0 Å². The third kappa shape index (κ3) is 5.13. The molecule has 0 radical (unpaired) electrons. The van der Waals surface area contributed by atoms with E-state index in [2.05, 4.69) is 26.1 Å². The van der Waals surface area contributed by atoms with Crippen LogP contribution in [-0.4, -0.2) is 54.4 Å². The van der Waals surface area contributed by atoms with Crippen LogP contribution < -0.4 is 0 Å². The highest BCUT2D eigenvalue weighted by Gasteiger charge is 2.25. The maximum atomic E-state index is 12.6. The van der Waals surface area contributed by atoms with Crippen LogP contribution in [0, 0.1) is 6.92 Å². The molecule has 0 aliphatic heterocycles. The zero-order valence-corrected chi connectivity index (χ0v) is 19.1. The molecular formula is C20H21BrN4O4S. The number of carbonyl (C=O) groups excluding carboxylic acids is 1. The standard InChI is InChI=1S/C20H21BrN4O4S/c1-14-4-6-15(7-5-14)20-23-22-18(29-20)12-24(2)19(26)13-25(3)30(27,28)17-10-8-16(21)9-11-17/h4-11H,12-13H2,1-3H3. The number of amides is 1. The molecule has 1 heterocycles. The van der Waals surface area contributed by atoms with Gasteiger partial charge in [0.2, 0.25) is 27.7 Å². The summed E-state index contributed by atoms with van der Waals surface area (Å²) in [4.78, 5) is 14.0. The molecule has 2 aromatic carbocycles. The molecule has 10 heteroatoms. The number of likely N-dealkylation sites (N-methyl/N-ethyl adjacent to an activating group) is 2. The summed E-state index contributed by atoms with van der Waals surface area (Å²) in [6.07, 6.45) is 0. The molecule has 30 heavy (non-hydrogen) atoms. The van der Waals surface area contributed by atoms with E-state index >= 15 is 0 Å². The predicted octanol–water partition coefficient (Wildman–Crippen LogP) is 3.09. The molecule has 0 bridgehead atoms. The molecule has 0 fully saturated rings. The Morgan fingerprint density at radius 2 is 1.67 bits per heavy atom. The third-order valence-electron chi connectivity index (χ3n) is 4.44. The number of rotatable bonds is 7. The summed E-state index contributed by atoms with van der Waals surface area (Å²) in [6.45, 7) is 1.75. The number of aromatic nitrogens is 2. The lowest BCUT2D eigenvalue weighted by atomic mass is 10.1. The first-order valence-corrected chi connectivity index (χ1v) is 11.3. The number of hydrogen-bond acceptors (Lipinski definition) is 6. The fourth-order valence-electron chi connectivity index (χ4n) is 2.60. The number of sulfonamides is 1. The summed E-state index contributed by atoms with van der Waals surface area (Å²) in [5, 5.41) is 7.98. The average molecular weight is 493 g/mol. The maximum Gasteiger partial charge on any atom is 0.247 e. The van der Waals surface area contributed by atoms with Crippen molar-refractivity contribution in [2.45, 2.75) is 18.4 Å². The molecule has 0 unspecified atom stereocenters. The Bertz CT molecular complexity index is 1130. The highest BCUT2D eigenvalue weighted by molar-refractivity contribution is 9.10. The second-order valence-electron chi connectivity index (χ2n) is 6.83. The topological polar surface area (TPSA) is 96.6 Å². The van der Waals surface area contributed by atoms with Crippen LogP contribution in [0.3, 0.4) is 0 Å². The van der Waals surface area contributed by atoms with Crippen molar-refractivity contribution in [3.05, 3.63) is 64.5 Å². The van der Waals surface area contributed by atoms with Crippen molar-refractivity contribution in [3.8, 4) is 11.5 Å². The minimum Gasteiger partial charge on any atom is -0.419 e. The highest BCUT2D eigenvalue weighted by Crippen LogP contribution is 2.20. The quantitative estimate of drug-likeness (QED) is 0.502. The summed E-state index contributed by atoms with van der Waals surface area (Å²) >= 11 is 3.27. The van der Waals surface area contributed by atoms with Gasteiger partial charge in [0.25, 0.3) is 0 Å². The molecule has 3 aromatic rings. The summed E-state index contributed by atoms with van der Waals surface area (Å²) in [5.41, 5.74) is 1.90. The van der Waals surface area contributed by atoms with Gasteiger partial charge in [0.05, 0.1) is 18.0 Å². The minimum atomic E-state index is -3.78. The number of carbonyl (C=O) groups is 1. The predicted molar refractivity (Wildman–Crippen MR) is 115 cm³/mol. The molecule has 3 rings (SSSR count). The number of hydrogen-bond donors (Lipinski definition) is 0. The molecule has 0 saturated carbocycles. The lowest BCUT2D eigenvalue weighted by molar-refractivity contribution is -0.130. The Morgan fingerprint density at radius 1 is 1.03 bits per heavy atom. The van der Waals surface area contributed by atoms with Crippen LogP contribution in [0.25, 0.3) is 11.5 Å². The van der Waals surface area contributed by atoms with Gasteiger partial charge >= 0.3 is 0 Å².